The fourth-order valence-electron chi connectivity index (χ4n) is 3.40. The second kappa shape index (κ2) is 8.18. The van der Waals surface area contributed by atoms with Crippen molar-refractivity contribution in [3.8, 4) is 0 Å². The van der Waals surface area contributed by atoms with Crippen molar-refractivity contribution in [1.29, 1.82) is 0 Å². The van der Waals surface area contributed by atoms with E-state index < -0.39 is 0 Å². The molecule has 1 aromatic carbocycles. The van der Waals surface area contributed by atoms with Crippen molar-refractivity contribution in [2.24, 2.45) is 5.92 Å². The Morgan fingerprint density at radius 3 is 2.50 bits per heavy atom. The maximum Gasteiger partial charge on any atom is 0.253 e. The number of piperidine rings is 1. The summed E-state index contributed by atoms with van der Waals surface area (Å²) in [6, 6.07) is 8.23. The molecule has 1 heterocycles. The number of hydrogen-bond donors (Lipinski definition) is 1. The van der Waals surface area contributed by atoms with Crippen LogP contribution in [0.15, 0.2) is 24.3 Å². The average Bonchev–Trinajstić information content (AvgIpc) is 2.61. The van der Waals surface area contributed by atoms with Crippen molar-refractivity contribution < 1.29 is 9.59 Å². The van der Waals surface area contributed by atoms with Crippen molar-refractivity contribution in [1.82, 2.24) is 10.2 Å². The van der Waals surface area contributed by atoms with Gasteiger partial charge in [-0.2, -0.15) is 0 Å². The molecule has 1 N–H and O–H groups in total. The predicted octanol–water partition coefficient (Wildman–Crippen LogP) is 2.52. The summed E-state index contributed by atoms with van der Waals surface area (Å²) in [6.45, 7) is 8.62. The zero-order chi connectivity index (χ0) is 17.7. The molecule has 2 rings (SSSR count). The molecule has 132 valence electrons. The molecule has 0 unspecified atom stereocenters. The van der Waals surface area contributed by atoms with Gasteiger partial charge in [0.1, 0.15) is 0 Å². The molecule has 0 spiro atoms. The number of carbonyl (C=O) groups excluding carboxylic acids is 2. The maximum atomic E-state index is 12.7. The lowest BCUT2D eigenvalue weighted by molar-refractivity contribution is -0.125. The molecule has 0 aromatic heterocycles. The molecular formula is C19H29N3O2. The van der Waals surface area contributed by atoms with Gasteiger partial charge in [-0.05, 0) is 57.9 Å². The summed E-state index contributed by atoms with van der Waals surface area (Å²) in [5.74, 6) is -0.0513. The van der Waals surface area contributed by atoms with Crippen LogP contribution in [-0.2, 0) is 4.79 Å². The van der Waals surface area contributed by atoms with Gasteiger partial charge in [0, 0.05) is 44.0 Å². The van der Waals surface area contributed by atoms with Crippen LogP contribution in [0.25, 0.3) is 0 Å². The van der Waals surface area contributed by atoms with E-state index in [2.05, 4.69) is 31.0 Å². The molecule has 0 aliphatic carbocycles. The highest BCUT2D eigenvalue weighted by Gasteiger charge is 2.28. The Morgan fingerprint density at radius 1 is 1.29 bits per heavy atom. The van der Waals surface area contributed by atoms with E-state index in [1.807, 2.05) is 24.3 Å². The minimum absolute atomic E-state index is 0.0164. The number of carbonyl (C=O) groups is 2. The Bertz CT molecular complexity index is 568. The molecule has 0 radical (unpaired) electrons. The van der Waals surface area contributed by atoms with E-state index in [1.54, 1.807) is 11.9 Å². The molecule has 5 nitrogen and oxygen atoms in total. The third kappa shape index (κ3) is 4.08. The fraction of sp³-hybridized carbons (Fsp3) is 0.579. The molecule has 1 saturated heterocycles. The summed E-state index contributed by atoms with van der Waals surface area (Å²) in [4.78, 5) is 28.6. The average molecular weight is 331 g/mol. The van der Waals surface area contributed by atoms with Crippen molar-refractivity contribution in [3.05, 3.63) is 29.8 Å². The monoisotopic (exact) mass is 331 g/mol. The number of amides is 2. The van der Waals surface area contributed by atoms with Crippen LogP contribution in [0, 0.1) is 5.92 Å². The molecule has 0 bridgehead atoms. The summed E-state index contributed by atoms with van der Waals surface area (Å²) in [7, 11) is 1.65. The van der Waals surface area contributed by atoms with Gasteiger partial charge in [0.05, 0.1) is 5.92 Å². The number of likely N-dealkylation sites (tertiary alicyclic amines) is 1. The highest BCUT2D eigenvalue weighted by atomic mass is 16.2. The van der Waals surface area contributed by atoms with Crippen molar-refractivity contribution in [2.75, 3.05) is 31.6 Å². The minimum Gasteiger partial charge on any atom is -0.369 e. The first kappa shape index (κ1) is 18.3. The second-order valence-corrected chi connectivity index (χ2v) is 6.63. The van der Waals surface area contributed by atoms with Gasteiger partial charge < -0.3 is 15.1 Å². The smallest absolute Gasteiger partial charge is 0.253 e. The lowest BCUT2D eigenvalue weighted by Crippen LogP contribution is -2.44. The molecule has 2 amide bonds. The van der Waals surface area contributed by atoms with Crippen molar-refractivity contribution in [3.63, 3.8) is 0 Å². The topological polar surface area (TPSA) is 52.7 Å². The zero-order valence-electron chi connectivity index (χ0n) is 15.2. The van der Waals surface area contributed by atoms with E-state index in [9.17, 15) is 9.59 Å². The quantitative estimate of drug-likeness (QED) is 0.902. The number of nitrogens with one attached hydrogen (secondary N) is 1. The fourth-order valence-corrected chi connectivity index (χ4v) is 3.40. The molecule has 1 aliphatic rings. The first-order valence-corrected chi connectivity index (χ1v) is 8.85. The summed E-state index contributed by atoms with van der Waals surface area (Å²) < 4.78 is 0. The molecule has 1 fully saturated rings. The van der Waals surface area contributed by atoms with Crippen LogP contribution >= 0.6 is 0 Å². The zero-order valence-corrected chi connectivity index (χ0v) is 15.2. The molecule has 1 atom stereocenters. The molecule has 1 aliphatic heterocycles. The minimum atomic E-state index is -0.0940. The first-order chi connectivity index (χ1) is 11.5. The van der Waals surface area contributed by atoms with Crippen LogP contribution in [0.2, 0.25) is 0 Å². The third-order valence-electron chi connectivity index (χ3n) is 4.74. The number of anilines is 1. The Labute approximate surface area is 145 Å². The number of nitrogens with zero attached hydrogens (tertiary/aromatic N) is 2. The number of benzene rings is 1. The standard InChI is InChI=1S/C19H29N3O2/c1-5-22(14(2)3)17-10-8-15(9-11-17)19(24)21-12-6-7-16(13-21)18(23)20-4/h8-11,14,16H,5-7,12-13H2,1-4H3,(H,20,23)/t16-/m1/s1. The Morgan fingerprint density at radius 2 is 1.96 bits per heavy atom. The third-order valence-corrected chi connectivity index (χ3v) is 4.74. The van der Waals surface area contributed by atoms with Crippen LogP contribution in [0.3, 0.4) is 0 Å². The summed E-state index contributed by atoms with van der Waals surface area (Å²) >= 11 is 0. The van der Waals surface area contributed by atoms with Gasteiger partial charge >= 0.3 is 0 Å². The SMILES string of the molecule is CCN(c1ccc(C(=O)N2CCC[C@@H](C(=O)NC)C2)cc1)C(C)C. The van der Waals surface area contributed by atoms with Gasteiger partial charge in [0.15, 0.2) is 0 Å². The normalized spacial score (nSPS) is 17.7. The van der Waals surface area contributed by atoms with Crippen molar-refractivity contribution in [2.45, 2.75) is 39.7 Å². The van der Waals surface area contributed by atoms with Gasteiger partial charge in [-0.3, -0.25) is 9.59 Å². The van der Waals surface area contributed by atoms with Crippen molar-refractivity contribution >= 4 is 17.5 Å². The molecule has 0 saturated carbocycles. The Kier molecular flexibility index (Phi) is 6.23. The lowest BCUT2D eigenvalue weighted by atomic mass is 9.96. The van der Waals surface area contributed by atoms with Gasteiger partial charge in [-0.25, -0.2) is 0 Å². The second-order valence-electron chi connectivity index (χ2n) is 6.63. The van der Waals surface area contributed by atoms with E-state index in [0.29, 0.717) is 18.2 Å². The summed E-state index contributed by atoms with van der Waals surface area (Å²) in [5.41, 5.74) is 1.82. The van der Waals surface area contributed by atoms with E-state index in [1.165, 1.54) is 0 Å². The summed E-state index contributed by atoms with van der Waals surface area (Å²) in [5, 5.41) is 2.69. The largest absolute Gasteiger partial charge is 0.369 e. The molecule has 24 heavy (non-hydrogen) atoms. The molecule has 5 heteroatoms. The summed E-state index contributed by atoms with van der Waals surface area (Å²) in [6.07, 6.45) is 1.72. The van der Waals surface area contributed by atoms with Gasteiger partial charge in [-0.15, -0.1) is 0 Å². The lowest BCUT2D eigenvalue weighted by Gasteiger charge is -2.32. The van der Waals surface area contributed by atoms with E-state index in [-0.39, 0.29) is 17.7 Å². The molecule has 1 aromatic rings. The van der Waals surface area contributed by atoms with E-state index in [0.717, 1.165) is 31.6 Å². The number of rotatable bonds is 5. The Hall–Kier alpha value is -2.04. The first-order valence-electron chi connectivity index (χ1n) is 8.85. The van der Waals surface area contributed by atoms with Crippen LogP contribution < -0.4 is 10.2 Å². The van der Waals surface area contributed by atoms with Crippen LogP contribution in [0.4, 0.5) is 5.69 Å². The van der Waals surface area contributed by atoms with E-state index in [4.69, 9.17) is 0 Å². The van der Waals surface area contributed by atoms with Gasteiger partial charge in [0.25, 0.3) is 5.91 Å². The molecular weight excluding hydrogens is 302 g/mol. The Balaban J connectivity index is 2.08. The number of hydrogen-bond acceptors (Lipinski definition) is 3. The van der Waals surface area contributed by atoms with Crippen LogP contribution in [0.1, 0.15) is 44.0 Å². The maximum absolute atomic E-state index is 12.7. The van der Waals surface area contributed by atoms with Crippen LogP contribution in [-0.4, -0.2) is 49.4 Å². The van der Waals surface area contributed by atoms with Crippen LogP contribution in [0.5, 0.6) is 0 Å². The highest BCUT2D eigenvalue weighted by Crippen LogP contribution is 2.21. The van der Waals surface area contributed by atoms with Gasteiger partial charge in [0.2, 0.25) is 5.91 Å². The highest BCUT2D eigenvalue weighted by molar-refractivity contribution is 5.95. The predicted molar refractivity (Wildman–Crippen MR) is 97.3 cm³/mol. The van der Waals surface area contributed by atoms with E-state index >= 15 is 0 Å². The van der Waals surface area contributed by atoms with Gasteiger partial charge in [-0.1, -0.05) is 0 Å².